The Morgan fingerprint density at radius 1 is 0.879 bits per heavy atom. The van der Waals surface area contributed by atoms with Crippen LogP contribution in [0.3, 0.4) is 0 Å². The molecule has 6 heteroatoms. The Morgan fingerprint density at radius 3 is 2.39 bits per heavy atom. The van der Waals surface area contributed by atoms with Gasteiger partial charge in [-0.3, -0.25) is 9.52 Å². The molecule has 5 nitrogen and oxygen atoms in total. The summed E-state index contributed by atoms with van der Waals surface area (Å²) in [6.45, 7) is 7.44. The van der Waals surface area contributed by atoms with Crippen molar-refractivity contribution in [3.63, 3.8) is 0 Å². The lowest BCUT2D eigenvalue weighted by atomic mass is 10.0. The summed E-state index contributed by atoms with van der Waals surface area (Å²) in [4.78, 5) is 13.1. The molecule has 33 heavy (non-hydrogen) atoms. The Labute approximate surface area is 196 Å². The van der Waals surface area contributed by atoms with Gasteiger partial charge in [0.2, 0.25) is 0 Å². The van der Waals surface area contributed by atoms with Crippen LogP contribution in [0.2, 0.25) is 0 Å². The first-order chi connectivity index (χ1) is 15.6. The molecule has 1 amide bonds. The fraction of sp³-hybridized carbons (Fsp3) is 0.296. The molecule has 0 bridgehead atoms. The number of fused-ring (bicyclic) bond motifs is 1. The first kappa shape index (κ1) is 23.1. The van der Waals surface area contributed by atoms with E-state index in [4.69, 9.17) is 0 Å². The van der Waals surface area contributed by atoms with Crippen molar-refractivity contribution < 1.29 is 13.2 Å². The fourth-order valence-corrected chi connectivity index (χ4v) is 5.69. The van der Waals surface area contributed by atoms with Crippen LogP contribution in [0.25, 0.3) is 0 Å². The van der Waals surface area contributed by atoms with E-state index >= 15 is 0 Å². The maximum absolute atomic E-state index is 13.2. The van der Waals surface area contributed by atoms with Crippen LogP contribution in [0.15, 0.2) is 59.5 Å². The summed E-state index contributed by atoms with van der Waals surface area (Å²) in [5, 5.41) is 3.01. The van der Waals surface area contributed by atoms with E-state index in [9.17, 15) is 13.2 Å². The smallest absolute Gasteiger partial charge is 0.262 e. The van der Waals surface area contributed by atoms with Crippen molar-refractivity contribution in [3.8, 4) is 0 Å². The summed E-state index contributed by atoms with van der Waals surface area (Å²) in [7, 11) is -3.86. The van der Waals surface area contributed by atoms with E-state index in [1.54, 1.807) is 25.1 Å². The van der Waals surface area contributed by atoms with Gasteiger partial charge in [-0.05, 0) is 98.5 Å². The molecule has 0 fully saturated rings. The molecule has 0 saturated heterocycles. The summed E-state index contributed by atoms with van der Waals surface area (Å²) in [6.07, 6.45) is 3.37. The number of carbonyl (C=O) groups excluding carboxylic acids is 1. The van der Waals surface area contributed by atoms with Gasteiger partial charge in [0, 0.05) is 5.56 Å². The largest absolute Gasteiger partial charge is 0.346 e. The molecular formula is C27H30N2O3S. The molecule has 1 aliphatic rings. The van der Waals surface area contributed by atoms with E-state index in [0.29, 0.717) is 16.8 Å². The fourth-order valence-electron chi connectivity index (χ4n) is 4.30. The number of nitrogens with one attached hydrogen (secondary N) is 2. The van der Waals surface area contributed by atoms with Crippen LogP contribution in [-0.2, 0) is 22.9 Å². The second-order valence-electron chi connectivity index (χ2n) is 8.98. The molecule has 3 aromatic rings. The highest BCUT2D eigenvalue weighted by Crippen LogP contribution is 2.27. The molecule has 1 atom stereocenters. The lowest BCUT2D eigenvalue weighted by Gasteiger charge is -2.17. The van der Waals surface area contributed by atoms with Gasteiger partial charge in [0.05, 0.1) is 16.6 Å². The van der Waals surface area contributed by atoms with Gasteiger partial charge in [-0.2, -0.15) is 0 Å². The van der Waals surface area contributed by atoms with Gasteiger partial charge in [-0.1, -0.05) is 36.4 Å². The van der Waals surface area contributed by atoms with Crippen LogP contribution < -0.4 is 10.0 Å². The number of carbonyl (C=O) groups is 1. The molecule has 0 aromatic heterocycles. The molecular weight excluding hydrogens is 432 g/mol. The summed E-state index contributed by atoms with van der Waals surface area (Å²) in [5.74, 6) is -0.300. The third-order valence-corrected chi connectivity index (χ3v) is 7.85. The standard InChI is InChI=1S/C27H30N2O3S/c1-17-8-9-18(2)25(14-17)29-33(31,32)26-16-24(11-10-19(26)3)27(30)28-20(4)22-13-12-21-6-5-7-23(21)15-22/h8-16,20,29H,5-7H2,1-4H3,(H,28,30). The average Bonchev–Trinajstić information content (AvgIpc) is 3.24. The number of sulfonamides is 1. The van der Waals surface area contributed by atoms with Crippen molar-refractivity contribution in [1.82, 2.24) is 5.32 Å². The zero-order valence-electron chi connectivity index (χ0n) is 19.5. The van der Waals surface area contributed by atoms with Crippen LogP contribution in [-0.4, -0.2) is 14.3 Å². The van der Waals surface area contributed by atoms with Crippen LogP contribution in [0, 0.1) is 20.8 Å². The zero-order chi connectivity index (χ0) is 23.8. The van der Waals surface area contributed by atoms with Crippen LogP contribution in [0.4, 0.5) is 5.69 Å². The van der Waals surface area contributed by atoms with E-state index in [1.807, 2.05) is 32.9 Å². The number of hydrogen-bond acceptors (Lipinski definition) is 3. The van der Waals surface area contributed by atoms with E-state index in [1.165, 1.54) is 23.6 Å². The Morgan fingerprint density at radius 2 is 1.61 bits per heavy atom. The predicted octanol–water partition coefficient (Wildman–Crippen LogP) is 5.39. The minimum atomic E-state index is -3.86. The second-order valence-corrected chi connectivity index (χ2v) is 10.6. The predicted molar refractivity (Wildman–Crippen MR) is 132 cm³/mol. The third kappa shape index (κ3) is 4.96. The Balaban J connectivity index is 1.56. The zero-order valence-corrected chi connectivity index (χ0v) is 20.3. The molecule has 1 aliphatic carbocycles. The van der Waals surface area contributed by atoms with Crippen molar-refractivity contribution in [2.24, 2.45) is 0 Å². The van der Waals surface area contributed by atoms with Gasteiger partial charge >= 0.3 is 0 Å². The highest BCUT2D eigenvalue weighted by Gasteiger charge is 2.21. The van der Waals surface area contributed by atoms with Crippen molar-refractivity contribution in [1.29, 1.82) is 0 Å². The highest BCUT2D eigenvalue weighted by atomic mass is 32.2. The molecule has 2 N–H and O–H groups in total. The topological polar surface area (TPSA) is 75.3 Å². The van der Waals surface area contributed by atoms with Gasteiger partial charge in [-0.15, -0.1) is 0 Å². The second kappa shape index (κ2) is 9.02. The first-order valence-electron chi connectivity index (χ1n) is 11.3. The van der Waals surface area contributed by atoms with E-state index in [2.05, 4.69) is 28.2 Å². The lowest BCUT2D eigenvalue weighted by molar-refractivity contribution is 0.0939. The molecule has 0 spiro atoms. The summed E-state index contributed by atoms with van der Waals surface area (Å²) < 4.78 is 29.0. The molecule has 0 heterocycles. The minimum absolute atomic E-state index is 0.0984. The maximum atomic E-state index is 13.2. The summed E-state index contributed by atoms with van der Waals surface area (Å²) >= 11 is 0. The van der Waals surface area contributed by atoms with Crippen LogP contribution >= 0.6 is 0 Å². The average molecular weight is 463 g/mol. The van der Waals surface area contributed by atoms with Crippen molar-refractivity contribution >= 4 is 21.6 Å². The van der Waals surface area contributed by atoms with E-state index in [0.717, 1.165) is 29.5 Å². The minimum Gasteiger partial charge on any atom is -0.346 e. The Bertz CT molecular complexity index is 1330. The highest BCUT2D eigenvalue weighted by molar-refractivity contribution is 7.92. The molecule has 3 aromatic carbocycles. The normalized spacial score (nSPS) is 13.9. The monoisotopic (exact) mass is 462 g/mol. The molecule has 4 rings (SSSR count). The summed E-state index contributed by atoms with van der Waals surface area (Å²) in [5.41, 5.74) is 7.03. The SMILES string of the molecule is Cc1ccc(C)c(NS(=O)(=O)c2cc(C(=O)NC(C)c3ccc4c(c3)CCC4)ccc2C)c1. The van der Waals surface area contributed by atoms with E-state index in [-0.39, 0.29) is 16.8 Å². The Hall–Kier alpha value is -3.12. The lowest BCUT2D eigenvalue weighted by Crippen LogP contribution is -2.27. The third-order valence-electron chi connectivity index (χ3n) is 6.35. The molecule has 0 saturated carbocycles. The molecule has 0 radical (unpaired) electrons. The van der Waals surface area contributed by atoms with Crippen molar-refractivity contribution in [3.05, 3.63) is 93.5 Å². The summed E-state index contributed by atoms with van der Waals surface area (Å²) in [6, 6.07) is 16.6. The number of amides is 1. The van der Waals surface area contributed by atoms with Crippen LogP contribution in [0.5, 0.6) is 0 Å². The number of benzene rings is 3. The number of rotatable bonds is 6. The maximum Gasteiger partial charge on any atom is 0.262 e. The molecule has 1 unspecified atom stereocenters. The Kier molecular flexibility index (Phi) is 6.30. The van der Waals surface area contributed by atoms with Gasteiger partial charge in [0.15, 0.2) is 0 Å². The number of hydrogen-bond donors (Lipinski definition) is 2. The van der Waals surface area contributed by atoms with Gasteiger partial charge in [0.1, 0.15) is 0 Å². The van der Waals surface area contributed by atoms with Crippen LogP contribution in [0.1, 0.15) is 63.1 Å². The quantitative estimate of drug-likeness (QED) is 0.516. The van der Waals surface area contributed by atoms with E-state index < -0.39 is 10.0 Å². The van der Waals surface area contributed by atoms with Gasteiger partial charge < -0.3 is 5.32 Å². The molecule has 0 aliphatic heterocycles. The van der Waals surface area contributed by atoms with Gasteiger partial charge in [-0.25, -0.2) is 8.42 Å². The van der Waals surface area contributed by atoms with Crippen molar-refractivity contribution in [2.45, 2.75) is 57.9 Å². The number of anilines is 1. The number of aryl methyl sites for hydroxylation is 5. The van der Waals surface area contributed by atoms with Gasteiger partial charge in [0.25, 0.3) is 15.9 Å². The molecule has 172 valence electrons. The first-order valence-corrected chi connectivity index (χ1v) is 12.8. The van der Waals surface area contributed by atoms with Crippen molar-refractivity contribution in [2.75, 3.05) is 4.72 Å².